The van der Waals surface area contributed by atoms with Crippen LogP contribution in [0.5, 0.6) is 0 Å². The molecule has 1 unspecified atom stereocenters. The molecule has 1 amide bonds. The number of amides is 1. The molecular weight excluding hydrogens is 276 g/mol. The first-order valence-corrected chi connectivity index (χ1v) is 5.51. The minimum Gasteiger partial charge on any atom is -0.481 e. The van der Waals surface area contributed by atoms with E-state index in [2.05, 4.69) is 0 Å². The fourth-order valence-corrected chi connectivity index (χ4v) is 1.45. The molecule has 1 atom stereocenters. The Labute approximate surface area is 112 Å². The van der Waals surface area contributed by atoms with Gasteiger partial charge in [-0.1, -0.05) is 0 Å². The van der Waals surface area contributed by atoms with Crippen LogP contribution < -0.4 is 5.32 Å². The summed E-state index contributed by atoms with van der Waals surface area (Å²) in [6.07, 6.45) is -0.803. The minimum absolute atomic E-state index is 0.339. The van der Waals surface area contributed by atoms with Crippen LogP contribution in [0.4, 0.5) is 8.78 Å². The number of carbonyl (C=O) groups excluding carboxylic acids is 1. The number of benzene rings is 1. The highest BCUT2D eigenvalue weighted by Gasteiger charge is 2.22. The standard InChI is InChI=1S/C12H11F2NO5/c13-7-3-6(4-8(14)5-7)11(18)15-9(12(19)20)1-2-10(16)17/h3-5,9H,1-2H2,(H,15,18)(H,16,17)(H,19,20). The molecule has 1 aromatic rings. The third kappa shape index (κ3) is 4.63. The second kappa shape index (κ2) is 6.60. The van der Waals surface area contributed by atoms with Gasteiger partial charge in [0.2, 0.25) is 0 Å². The van der Waals surface area contributed by atoms with E-state index in [9.17, 15) is 23.2 Å². The molecule has 0 bridgehead atoms. The van der Waals surface area contributed by atoms with Gasteiger partial charge in [0, 0.05) is 18.1 Å². The Morgan fingerprint density at radius 2 is 1.65 bits per heavy atom. The lowest BCUT2D eigenvalue weighted by molar-refractivity contribution is -0.140. The Balaban J connectivity index is 2.79. The summed E-state index contributed by atoms with van der Waals surface area (Å²) in [5.41, 5.74) is -0.385. The van der Waals surface area contributed by atoms with Crippen LogP contribution in [-0.4, -0.2) is 34.1 Å². The van der Waals surface area contributed by atoms with Gasteiger partial charge >= 0.3 is 11.9 Å². The molecular formula is C12H11F2NO5. The first-order valence-electron chi connectivity index (χ1n) is 5.51. The van der Waals surface area contributed by atoms with E-state index in [4.69, 9.17) is 10.2 Å². The zero-order valence-electron chi connectivity index (χ0n) is 10.1. The van der Waals surface area contributed by atoms with E-state index in [1.165, 1.54) is 0 Å². The molecule has 108 valence electrons. The number of halogens is 2. The highest BCUT2D eigenvalue weighted by atomic mass is 19.1. The molecule has 3 N–H and O–H groups in total. The molecule has 0 aliphatic rings. The number of hydrogen-bond acceptors (Lipinski definition) is 3. The van der Waals surface area contributed by atoms with Crippen molar-refractivity contribution >= 4 is 17.8 Å². The molecule has 1 aromatic carbocycles. The van der Waals surface area contributed by atoms with Crippen LogP contribution in [0.15, 0.2) is 18.2 Å². The summed E-state index contributed by atoms with van der Waals surface area (Å²) >= 11 is 0. The second-order valence-electron chi connectivity index (χ2n) is 3.95. The summed E-state index contributed by atoms with van der Waals surface area (Å²) < 4.78 is 25.8. The van der Waals surface area contributed by atoms with Gasteiger partial charge in [0.05, 0.1) is 0 Å². The zero-order chi connectivity index (χ0) is 15.3. The Bertz CT molecular complexity index is 526. The van der Waals surface area contributed by atoms with Crippen molar-refractivity contribution < 1.29 is 33.4 Å². The fourth-order valence-electron chi connectivity index (χ4n) is 1.45. The number of nitrogens with one attached hydrogen (secondary N) is 1. The maximum atomic E-state index is 12.9. The van der Waals surface area contributed by atoms with E-state index < -0.39 is 41.9 Å². The van der Waals surface area contributed by atoms with Crippen LogP contribution >= 0.6 is 0 Å². The number of hydrogen-bond donors (Lipinski definition) is 3. The third-order valence-corrected chi connectivity index (χ3v) is 2.38. The topological polar surface area (TPSA) is 104 Å². The van der Waals surface area contributed by atoms with E-state index in [0.29, 0.717) is 6.07 Å². The van der Waals surface area contributed by atoms with Gasteiger partial charge < -0.3 is 15.5 Å². The molecule has 0 aliphatic carbocycles. The number of carboxylic acids is 2. The van der Waals surface area contributed by atoms with Gasteiger partial charge in [-0.2, -0.15) is 0 Å². The molecule has 0 saturated heterocycles. The van der Waals surface area contributed by atoms with Gasteiger partial charge in [-0.15, -0.1) is 0 Å². The van der Waals surface area contributed by atoms with Crippen molar-refractivity contribution in [1.29, 1.82) is 0 Å². The summed E-state index contributed by atoms with van der Waals surface area (Å²) in [4.78, 5) is 32.9. The number of aliphatic carboxylic acids is 2. The molecule has 20 heavy (non-hydrogen) atoms. The molecule has 0 radical (unpaired) electrons. The summed E-state index contributed by atoms with van der Waals surface area (Å²) in [6.45, 7) is 0. The number of carboxylic acid groups (broad SMARTS) is 2. The van der Waals surface area contributed by atoms with Crippen LogP contribution in [0, 0.1) is 11.6 Å². The zero-order valence-corrected chi connectivity index (χ0v) is 10.1. The monoisotopic (exact) mass is 287 g/mol. The lowest BCUT2D eigenvalue weighted by atomic mass is 10.1. The first kappa shape index (κ1) is 15.5. The average molecular weight is 287 g/mol. The minimum atomic E-state index is -1.45. The van der Waals surface area contributed by atoms with E-state index in [0.717, 1.165) is 12.1 Å². The van der Waals surface area contributed by atoms with Crippen molar-refractivity contribution in [1.82, 2.24) is 5.32 Å². The third-order valence-electron chi connectivity index (χ3n) is 2.38. The van der Waals surface area contributed by atoms with Crippen molar-refractivity contribution in [2.24, 2.45) is 0 Å². The maximum absolute atomic E-state index is 12.9. The van der Waals surface area contributed by atoms with E-state index in [-0.39, 0.29) is 12.0 Å². The quantitative estimate of drug-likeness (QED) is 0.724. The van der Waals surface area contributed by atoms with E-state index in [1.807, 2.05) is 5.32 Å². The Morgan fingerprint density at radius 3 is 2.10 bits per heavy atom. The van der Waals surface area contributed by atoms with Crippen molar-refractivity contribution in [3.8, 4) is 0 Å². The number of rotatable bonds is 6. The second-order valence-corrected chi connectivity index (χ2v) is 3.95. The molecule has 6 nitrogen and oxygen atoms in total. The lowest BCUT2D eigenvalue weighted by Crippen LogP contribution is -2.41. The van der Waals surface area contributed by atoms with Gasteiger partial charge in [-0.3, -0.25) is 9.59 Å². The Hall–Kier alpha value is -2.51. The molecule has 0 saturated carbocycles. The van der Waals surface area contributed by atoms with Crippen LogP contribution in [-0.2, 0) is 9.59 Å². The van der Waals surface area contributed by atoms with Crippen LogP contribution in [0.1, 0.15) is 23.2 Å². The lowest BCUT2D eigenvalue weighted by Gasteiger charge is -2.13. The summed E-state index contributed by atoms with van der Waals surface area (Å²) in [5.74, 6) is -5.61. The highest BCUT2D eigenvalue weighted by Crippen LogP contribution is 2.09. The molecule has 1 rings (SSSR count). The van der Waals surface area contributed by atoms with Gasteiger partial charge in [0.1, 0.15) is 17.7 Å². The number of carbonyl (C=O) groups is 3. The average Bonchev–Trinajstić information content (AvgIpc) is 2.32. The predicted octanol–water partition coefficient (Wildman–Crippen LogP) is 1.01. The molecule has 0 fully saturated rings. The fraction of sp³-hybridized carbons (Fsp3) is 0.250. The van der Waals surface area contributed by atoms with Gasteiger partial charge in [-0.05, 0) is 18.6 Å². The molecule has 8 heteroatoms. The normalized spacial score (nSPS) is 11.7. The summed E-state index contributed by atoms with van der Waals surface area (Å²) in [6, 6.07) is 0.601. The molecule has 0 aliphatic heterocycles. The molecule has 0 aromatic heterocycles. The largest absolute Gasteiger partial charge is 0.481 e. The smallest absolute Gasteiger partial charge is 0.326 e. The van der Waals surface area contributed by atoms with Gasteiger partial charge in [-0.25, -0.2) is 13.6 Å². The van der Waals surface area contributed by atoms with Crippen molar-refractivity contribution in [2.75, 3.05) is 0 Å². The van der Waals surface area contributed by atoms with E-state index in [1.54, 1.807) is 0 Å². The highest BCUT2D eigenvalue weighted by molar-refractivity contribution is 5.96. The SMILES string of the molecule is O=C(O)CCC(NC(=O)c1cc(F)cc(F)c1)C(=O)O. The van der Waals surface area contributed by atoms with Crippen LogP contribution in [0.2, 0.25) is 0 Å². The van der Waals surface area contributed by atoms with Crippen molar-refractivity contribution in [3.05, 3.63) is 35.4 Å². The predicted molar refractivity (Wildman–Crippen MR) is 62.1 cm³/mol. The maximum Gasteiger partial charge on any atom is 0.326 e. The molecule has 0 spiro atoms. The summed E-state index contributed by atoms with van der Waals surface area (Å²) in [5, 5.41) is 19.3. The molecule has 0 heterocycles. The van der Waals surface area contributed by atoms with Crippen molar-refractivity contribution in [3.63, 3.8) is 0 Å². The Kier molecular flexibility index (Phi) is 5.13. The van der Waals surface area contributed by atoms with Gasteiger partial charge in [0.15, 0.2) is 0 Å². The van der Waals surface area contributed by atoms with Crippen LogP contribution in [0.3, 0.4) is 0 Å². The summed E-state index contributed by atoms with van der Waals surface area (Å²) in [7, 11) is 0. The van der Waals surface area contributed by atoms with Crippen molar-refractivity contribution in [2.45, 2.75) is 18.9 Å². The Morgan fingerprint density at radius 1 is 1.10 bits per heavy atom. The first-order chi connectivity index (χ1) is 9.29. The van der Waals surface area contributed by atoms with Gasteiger partial charge in [0.25, 0.3) is 5.91 Å². The van der Waals surface area contributed by atoms with Crippen LogP contribution in [0.25, 0.3) is 0 Å². The van der Waals surface area contributed by atoms with E-state index >= 15 is 0 Å².